The van der Waals surface area contributed by atoms with E-state index in [4.69, 9.17) is 22.9 Å². The van der Waals surface area contributed by atoms with Gasteiger partial charge in [-0.05, 0) is 58.4 Å². The number of benzene rings is 4. The van der Waals surface area contributed by atoms with Crippen LogP contribution < -0.4 is 49.5 Å². The van der Waals surface area contributed by atoms with Crippen LogP contribution in [-0.4, -0.2) is 85.3 Å². The predicted octanol–water partition coefficient (Wildman–Crippen LogP) is -0.0456. The number of nitrogens with one attached hydrogen (secondary N) is 5. The Morgan fingerprint density at radius 3 is 1.41 bits per heavy atom. The summed E-state index contributed by atoms with van der Waals surface area (Å²) in [6, 6.07) is 22.3. The van der Waals surface area contributed by atoms with Crippen LogP contribution in [0.5, 0.6) is 0 Å². The molecule has 56 heavy (non-hydrogen) atoms. The van der Waals surface area contributed by atoms with E-state index in [1.54, 1.807) is 0 Å². The van der Waals surface area contributed by atoms with E-state index in [2.05, 4.69) is 36.6 Å². The van der Waals surface area contributed by atoms with E-state index in [-0.39, 0.29) is 50.7 Å². The zero-order valence-corrected chi connectivity index (χ0v) is 31.0. The summed E-state index contributed by atoms with van der Waals surface area (Å²) in [6.45, 7) is -0.124. The first kappa shape index (κ1) is 40.5. The molecule has 0 bridgehead atoms. The normalized spacial score (nSPS) is 19.7. The maximum Gasteiger partial charge on any atom is 0.243 e. The number of aliphatic imine (C=N–C) groups is 2. The van der Waals surface area contributed by atoms with Crippen molar-refractivity contribution < 1.29 is 24.0 Å². The van der Waals surface area contributed by atoms with E-state index in [9.17, 15) is 24.0 Å². The first-order valence-corrected chi connectivity index (χ1v) is 18.5. The van der Waals surface area contributed by atoms with Crippen molar-refractivity contribution in [3.05, 3.63) is 96.1 Å². The van der Waals surface area contributed by atoms with Crippen LogP contribution in [0.15, 0.2) is 94.9 Å². The number of nitrogens with zero attached hydrogens (tertiary/aromatic N) is 2. The Balaban J connectivity index is 1.48. The smallest absolute Gasteiger partial charge is 0.243 e. The van der Waals surface area contributed by atoms with Crippen molar-refractivity contribution in [2.75, 3.05) is 19.6 Å². The molecule has 4 aromatic rings. The number of rotatable bonds is 12. The lowest BCUT2D eigenvalue weighted by Gasteiger charge is -2.26. The maximum absolute atomic E-state index is 14.2. The minimum absolute atomic E-state index is 0.0596. The Morgan fingerprint density at radius 1 is 0.518 bits per heavy atom. The van der Waals surface area contributed by atoms with Crippen LogP contribution in [-0.2, 0) is 36.8 Å². The fraction of sp³-hybridized carbons (Fsp3) is 0.325. The molecule has 16 nitrogen and oxygen atoms in total. The lowest BCUT2D eigenvalue weighted by atomic mass is 9.99. The Hall–Kier alpha value is -6.71. The van der Waals surface area contributed by atoms with Gasteiger partial charge in [-0.15, -0.1) is 0 Å². The van der Waals surface area contributed by atoms with Crippen LogP contribution in [0.1, 0.15) is 36.8 Å². The van der Waals surface area contributed by atoms with E-state index >= 15 is 0 Å². The summed E-state index contributed by atoms with van der Waals surface area (Å²) >= 11 is 0. The highest BCUT2D eigenvalue weighted by Crippen LogP contribution is 2.19. The summed E-state index contributed by atoms with van der Waals surface area (Å²) in [5.74, 6) is -3.47. The number of amides is 5. The van der Waals surface area contributed by atoms with Crippen molar-refractivity contribution in [3.63, 3.8) is 0 Å². The van der Waals surface area contributed by atoms with Crippen LogP contribution in [0, 0.1) is 0 Å². The minimum Gasteiger partial charge on any atom is -0.370 e. The van der Waals surface area contributed by atoms with Gasteiger partial charge >= 0.3 is 0 Å². The topological polar surface area (TPSA) is 274 Å². The molecule has 4 aromatic carbocycles. The van der Waals surface area contributed by atoms with Gasteiger partial charge in [0.1, 0.15) is 24.2 Å². The molecule has 1 fully saturated rings. The second kappa shape index (κ2) is 19.6. The molecule has 1 aliphatic rings. The summed E-state index contributed by atoms with van der Waals surface area (Å²) < 4.78 is 0. The summed E-state index contributed by atoms with van der Waals surface area (Å²) in [7, 11) is 0. The fourth-order valence-electron chi connectivity index (χ4n) is 6.52. The zero-order chi connectivity index (χ0) is 40.0. The third kappa shape index (κ3) is 11.9. The first-order valence-electron chi connectivity index (χ1n) is 18.5. The SMILES string of the molecule is NC(N)=NCCC[C@@H]1NC(=O)[C@@H](Cc2ccc3ccccc3c2)NC(=O)[C@@H](CCCN=C(N)N)NC(=O)CNC(=O)[C@H](Cc2ccc3ccccc3c2)NC1=O. The molecule has 4 atom stereocenters. The van der Waals surface area contributed by atoms with E-state index in [1.807, 2.05) is 84.9 Å². The average Bonchev–Trinajstić information content (AvgIpc) is 3.18. The molecule has 5 rings (SSSR count). The Labute approximate surface area is 324 Å². The molecule has 16 heteroatoms. The van der Waals surface area contributed by atoms with Gasteiger partial charge in [-0.3, -0.25) is 34.0 Å². The lowest BCUT2D eigenvalue weighted by molar-refractivity contribution is -0.134. The maximum atomic E-state index is 14.2. The van der Waals surface area contributed by atoms with E-state index in [0.29, 0.717) is 12.8 Å². The van der Waals surface area contributed by atoms with Crippen LogP contribution in [0.4, 0.5) is 0 Å². The quantitative estimate of drug-likeness (QED) is 0.0531. The van der Waals surface area contributed by atoms with Gasteiger partial charge in [0.25, 0.3) is 0 Å². The number of hydrogen-bond donors (Lipinski definition) is 9. The third-order valence-electron chi connectivity index (χ3n) is 9.37. The second-order valence-electron chi connectivity index (χ2n) is 13.7. The van der Waals surface area contributed by atoms with Crippen molar-refractivity contribution in [1.82, 2.24) is 26.6 Å². The van der Waals surface area contributed by atoms with Crippen LogP contribution in [0.2, 0.25) is 0 Å². The second-order valence-corrected chi connectivity index (χ2v) is 13.7. The van der Waals surface area contributed by atoms with Gasteiger partial charge in [0.15, 0.2) is 11.9 Å². The fourth-order valence-corrected chi connectivity index (χ4v) is 6.52. The molecule has 13 N–H and O–H groups in total. The summed E-state index contributed by atoms with van der Waals surface area (Å²) in [5.41, 5.74) is 23.5. The van der Waals surface area contributed by atoms with Crippen LogP contribution in [0.3, 0.4) is 0 Å². The molecule has 1 aliphatic heterocycles. The van der Waals surface area contributed by atoms with Gasteiger partial charge in [0.2, 0.25) is 29.5 Å². The number of carbonyl (C=O) groups is 5. The predicted molar refractivity (Wildman–Crippen MR) is 216 cm³/mol. The average molecular weight is 764 g/mol. The Kier molecular flexibility index (Phi) is 14.1. The van der Waals surface area contributed by atoms with Crippen molar-refractivity contribution in [3.8, 4) is 0 Å². The summed E-state index contributed by atoms with van der Waals surface area (Å²) in [5, 5.41) is 17.6. The lowest BCUT2D eigenvalue weighted by Crippen LogP contribution is -2.58. The largest absolute Gasteiger partial charge is 0.370 e. The monoisotopic (exact) mass is 763 g/mol. The van der Waals surface area contributed by atoms with Gasteiger partial charge in [-0.1, -0.05) is 84.9 Å². The number of hydrogen-bond acceptors (Lipinski definition) is 7. The molecule has 5 amide bonds. The summed E-state index contributed by atoms with van der Waals surface area (Å²) in [6.07, 6.45) is 0.971. The molecule has 0 aromatic heterocycles. The number of fused-ring (bicyclic) bond motifs is 2. The minimum atomic E-state index is -1.17. The zero-order valence-electron chi connectivity index (χ0n) is 31.0. The van der Waals surface area contributed by atoms with Gasteiger partial charge in [-0.25, -0.2) is 0 Å². The van der Waals surface area contributed by atoms with Crippen molar-refractivity contribution in [2.45, 2.75) is 62.7 Å². The summed E-state index contributed by atoms with van der Waals surface area (Å²) in [4.78, 5) is 77.2. The molecule has 0 spiro atoms. The van der Waals surface area contributed by atoms with Gasteiger partial charge in [-0.2, -0.15) is 0 Å². The highest BCUT2D eigenvalue weighted by Gasteiger charge is 2.32. The van der Waals surface area contributed by atoms with Gasteiger partial charge in [0, 0.05) is 25.9 Å². The van der Waals surface area contributed by atoms with Gasteiger partial charge < -0.3 is 49.5 Å². The molecule has 0 saturated carbocycles. The number of carbonyl (C=O) groups excluding carboxylic acids is 5. The highest BCUT2D eigenvalue weighted by molar-refractivity contribution is 5.97. The molecular weight excluding hydrogens is 715 g/mol. The van der Waals surface area contributed by atoms with E-state index in [0.717, 1.165) is 32.7 Å². The molecule has 294 valence electrons. The van der Waals surface area contributed by atoms with E-state index in [1.165, 1.54) is 0 Å². The van der Waals surface area contributed by atoms with Crippen LogP contribution in [0.25, 0.3) is 21.5 Å². The van der Waals surface area contributed by atoms with Crippen molar-refractivity contribution >= 4 is 63.0 Å². The molecule has 0 radical (unpaired) electrons. The van der Waals surface area contributed by atoms with Crippen molar-refractivity contribution in [2.24, 2.45) is 32.9 Å². The molecule has 1 heterocycles. The number of nitrogens with two attached hydrogens (primary N) is 4. The van der Waals surface area contributed by atoms with E-state index < -0.39 is 60.2 Å². The standard InChI is InChI=1S/C40H49N11O5/c41-39(42)45-17-5-11-30-36(54)51-33(22-25-14-16-27-8-2-4-10-29(27)20-25)38(56)49-31(12-6-18-46-40(43)44)37(55)50-32(35(53)47-23-34(52)48-30)21-24-13-15-26-7-1-3-9-28(26)19-24/h1-4,7-10,13-16,19-20,30-33H,5-6,11-12,17-18,21-23H2,(H,47,53)(H,48,52)(H,49,56)(H,50,55)(H,51,54)(H4,41,42,45)(H4,43,44,46)/t30-,31+,32+,33-/m1/s1. The number of guanidine groups is 2. The van der Waals surface area contributed by atoms with Gasteiger partial charge in [0.05, 0.1) is 6.54 Å². The Bertz CT molecular complexity index is 2110. The molecular formula is C40H49N11O5. The van der Waals surface area contributed by atoms with Crippen LogP contribution >= 0.6 is 0 Å². The molecule has 0 aliphatic carbocycles. The molecule has 0 unspecified atom stereocenters. The first-order chi connectivity index (χ1) is 26.9. The molecule has 1 saturated heterocycles. The third-order valence-corrected chi connectivity index (χ3v) is 9.37. The highest BCUT2D eigenvalue weighted by atomic mass is 16.2. The van der Waals surface area contributed by atoms with Crippen molar-refractivity contribution in [1.29, 1.82) is 0 Å². The Morgan fingerprint density at radius 2 is 0.929 bits per heavy atom.